The lowest BCUT2D eigenvalue weighted by molar-refractivity contribution is 0.207. The monoisotopic (exact) mass is 548 g/mol. The van der Waals surface area contributed by atoms with Crippen molar-refractivity contribution in [3.05, 3.63) is 59.5 Å². The van der Waals surface area contributed by atoms with Gasteiger partial charge in [-0.2, -0.15) is 0 Å². The summed E-state index contributed by atoms with van der Waals surface area (Å²) in [6.45, 7) is 3.59. The Balaban J connectivity index is 0.00000289. The molecule has 0 radical (unpaired) electrons. The van der Waals surface area contributed by atoms with E-state index in [4.69, 9.17) is 4.74 Å². The number of halogens is 1. The minimum atomic E-state index is 0. The van der Waals surface area contributed by atoms with Gasteiger partial charge in [0.05, 0.1) is 6.10 Å². The van der Waals surface area contributed by atoms with Crippen molar-refractivity contribution in [3.63, 3.8) is 0 Å². The molecule has 1 aliphatic carbocycles. The average molecular weight is 548 g/mol. The van der Waals surface area contributed by atoms with Crippen molar-refractivity contribution in [3.8, 4) is 5.75 Å². The van der Waals surface area contributed by atoms with Crippen LogP contribution >= 0.6 is 24.0 Å². The molecule has 172 valence electrons. The standard InChI is InChI=1S/C24H32N6O.HI/c1-18-12-13-19(21(16-18)31-20-8-3-4-9-20)17-27-24(25-2)26-14-7-11-23-29-28-22-10-5-6-15-30(22)23;/h5-6,10,12-13,15-16,20H,3-4,7-9,11,14,17H2,1-2H3,(H2,25,26,27);1H. The van der Waals surface area contributed by atoms with Gasteiger partial charge in [0, 0.05) is 38.3 Å². The molecule has 4 rings (SSSR count). The minimum absolute atomic E-state index is 0. The molecule has 7 nitrogen and oxygen atoms in total. The van der Waals surface area contributed by atoms with Gasteiger partial charge >= 0.3 is 0 Å². The van der Waals surface area contributed by atoms with Crippen LogP contribution in [-0.4, -0.2) is 40.3 Å². The number of hydrogen-bond donors (Lipinski definition) is 2. The van der Waals surface area contributed by atoms with E-state index in [1.807, 2.05) is 28.8 Å². The van der Waals surface area contributed by atoms with E-state index in [0.717, 1.165) is 61.0 Å². The smallest absolute Gasteiger partial charge is 0.191 e. The molecule has 2 aromatic heterocycles. The Bertz CT molecular complexity index is 1030. The number of nitrogens with zero attached hydrogens (tertiary/aromatic N) is 4. The second kappa shape index (κ2) is 12.0. The molecule has 1 saturated carbocycles. The summed E-state index contributed by atoms with van der Waals surface area (Å²) in [4.78, 5) is 4.36. The van der Waals surface area contributed by atoms with Gasteiger partial charge in [-0.05, 0) is 62.8 Å². The third-order valence-corrected chi connectivity index (χ3v) is 5.74. The van der Waals surface area contributed by atoms with Crippen molar-refractivity contribution in [1.29, 1.82) is 0 Å². The van der Waals surface area contributed by atoms with Gasteiger partial charge in [-0.15, -0.1) is 34.2 Å². The molecule has 0 amide bonds. The Morgan fingerprint density at radius 2 is 2.00 bits per heavy atom. The quantitative estimate of drug-likeness (QED) is 0.190. The van der Waals surface area contributed by atoms with Crippen LogP contribution < -0.4 is 15.4 Å². The van der Waals surface area contributed by atoms with E-state index in [2.05, 4.69) is 50.9 Å². The maximum absolute atomic E-state index is 6.31. The Kier molecular flexibility index (Phi) is 9.13. The third kappa shape index (κ3) is 6.34. The van der Waals surface area contributed by atoms with Crippen molar-refractivity contribution in [2.45, 2.75) is 58.1 Å². The second-order valence-corrected chi connectivity index (χ2v) is 8.14. The predicted octanol–water partition coefficient (Wildman–Crippen LogP) is 4.27. The summed E-state index contributed by atoms with van der Waals surface area (Å²) in [5, 5.41) is 15.3. The first kappa shape index (κ1) is 24.3. The van der Waals surface area contributed by atoms with Gasteiger partial charge in [0.25, 0.3) is 0 Å². The summed E-state index contributed by atoms with van der Waals surface area (Å²) in [6, 6.07) is 12.4. The molecule has 0 atom stereocenters. The van der Waals surface area contributed by atoms with E-state index in [1.165, 1.54) is 18.4 Å². The predicted molar refractivity (Wildman–Crippen MR) is 139 cm³/mol. The van der Waals surface area contributed by atoms with E-state index < -0.39 is 0 Å². The molecule has 32 heavy (non-hydrogen) atoms. The van der Waals surface area contributed by atoms with Gasteiger partial charge in [0.2, 0.25) is 0 Å². The number of ether oxygens (including phenoxy) is 1. The highest BCUT2D eigenvalue weighted by Crippen LogP contribution is 2.27. The molecule has 1 aromatic carbocycles. The van der Waals surface area contributed by atoms with Crippen LogP contribution in [0.5, 0.6) is 5.75 Å². The largest absolute Gasteiger partial charge is 0.490 e. The summed E-state index contributed by atoms with van der Waals surface area (Å²) in [6.07, 6.45) is 9.01. The van der Waals surface area contributed by atoms with Gasteiger partial charge in [0.1, 0.15) is 11.6 Å². The van der Waals surface area contributed by atoms with E-state index in [0.29, 0.717) is 12.6 Å². The second-order valence-electron chi connectivity index (χ2n) is 8.14. The van der Waals surface area contributed by atoms with Gasteiger partial charge in [-0.25, -0.2) is 0 Å². The van der Waals surface area contributed by atoms with E-state index >= 15 is 0 Å². The van der Waals surface area contributed by atoms with Crippen molar-refractivity contribution in [1.82, 2.24) is 25.2 Å². The molecule has 8 heteroatoms. The number of rotatable bonds is 8. The van der Waals surface area contributed by atoms with E-state index in [1.54, 1.807) is 7.05 Å². The molecule has 0 bridgehead atoms. The van der Waals surface area contributed by atoms with Crippen LogP contribution in [0.15, 0.2) is 47.6 Å². The molecule has 3 aromatic rings. The molecular weight excluding hydrogens is 515 g/mol. The highest BCUT2D eigenvalue weighted by molar-refractivity contribution is 14.0. The zero-order valence-electron chi connectivity index (χ0n) is 18.9. The third-order valence-electron chi connectivity index (χ3n) is 5.74. The number of pyridine rings is 1. The number of guanidine groups is 1. The Morgan fingerprint density at radius 3 is 2.81 bits per heavy atom. The number of nitrogens with one attached hydrogen (secondary N) is 2. The van der Waals surface area contributed by atoms with Crippen molar-refractivity contribution >= 4 is 35.6 Å². The average Bonchev–Trinajstić information content (AvgIpc) is 3.44. The zero-order valence-corrected chi connectivity index (χ0v) is 21.2. The van der Waals surface area contributed by atoms with Crippen LogP contribution in [0.25, 0.3) is 5.65 Å². The molecule has 0 unspecified atom stereocenters. The van der Waals surface area contributed by atoms with Gasteiger partial charge < -0.3 is 15.4 Å². The molecule has 1 aliphatic rings. The SMILES string of the molecule is CN=C(NCCCc1nnc2ccccn12)NCc1ccc(C)cc1OC1CCCC1.I. The van der Waals surface area contributed by atoms with Gasteiger partial charge in [0.15, 0.2) is 11.6 Å². The Hall–Kier alpha value is -2.36. The van der Waals surface area contributed by atoms with E-state index in [9.17, 15) is 0 Å². The fraction of sp³-hybridized carbons (Fsp3) is 0.458. The van der Waals surface area contributed by atoms with Gasteiger partial charge in [-0.1, -0.05) is 18.2 Å². The number of aromatic nitrogens is 3. The van der Waals surface area contributed by atoms with Crippen LogP contribution in [0, 0.1) is 6.92 Å². The number of aryl methyl sites for hydroxylation is 2. The Labute approximate surface area is 207 Å². The van der Waals surface area contributed by atoms with Crippen molar-refractivity contribution in [2.75, 3.05) is 13.6 Å². The van der Waals surface area contributed by atoms with Crippen LogP contribution in [0.4, 0.5) is 0 Å². The first-order valence-corrected chi connectivity index (χ1v) is 11.2. The summed E-state index contributed by atoms with van der Waals surface area (Å²) >= 11 is 0. The van der Waals surface area contributed by atoms with Crippen LogP contribution in [0.2, 0.25) is 0 Å². The molecule has 1 fully saturated rings. The van der Waals surface area contributed by atoms with Crippen LogP contribution in [0.1, 0.15) is 49.1 Å². The normalized spacial score (nSPS) is 14.4. The Morgan fingerprint density at radius 1 is 1.16 bits per heavy atom. The number of benzene rings is 1. The number of fused-ring (bicyclic) bond motifs is 1. The highest BCUT2D eigenvalue weighted by atomic mass is 127. The lowest BCUT2D eigenvalue weighted by Gasteiger charge is -2.18. The summed E-state index contributed by atoms with van der Waals surface area (Å²) in [5.74, 6) is 2.76. The zero-order chi connectivity index (χ0) is 21.5. The lowest BCUT2D eigenvalue weighted by atomic mass is 10.1. The van der Waals surface area contributed by atoms with Gasteiger partial charge in [-0.3, -0.25) is 9.39 Å². The first-order chi connectivity index (χ1) is 15.2. The topological polar surface area (TPSA) is 75.8 Å². The molecule has 0 spiro atoms. The minimum Gasteiger partial charge on any atom is -0.490 e. The lowest BCUT2D eigenvalue weighted by Crippen LogP contribution is -2.37. The maximum atomic E-state index is 6.31. The number of hydrogen-bond acceptors (Lipinski definition) is 4. The summed E-state index contributed by atoms with van der Waals surface area (Å²) < 4.78 is 8.35. The molecule has 0 aliphatic heterocycles. The summed E-state index contributed by atoms with van der Waals surface area (Å²) in [5.41, 5.74) is 3.27. The van der Waals surface area contributed by atoms with E-state index in [-0.39, 0.29) is 24.0 Å². The molecule has 2 heterocycles. The summed E-state index contributed by atoms with van der Waals surface area (Å²) in [7, 11) is 1.80. The maximum Gasteiger partial charge on any atom is 0.191 e. The van der Waals surface area contributed by atoms with Crippen LogP contribution in [0.3, 0.4) is 0 Å². The number of aliphatic imine (C=N–C) groups is 1. The first-order valence-electron chi connectivity index (χ1n) is 11.2. The van der Waals surface area contributed by atoms with Crippen molar-refractivity contribution in [2.24, 2.45) is 4.99 Å². The fourth-order valence-corrected chi connectivity index (χ4v) is 4.02. The molecule has 0 saturated heterocycles. The fourth-order valence-electron chi connectivity index (χ4n) is 4.02. The van der Waals surface area contributed by atoms with Crippen LogP contribution in [-0.2, 0) is 13.0 Å². The van der Waals surface area contributed by atoms with Crippen molar-refractivity contribution < 1.29 is 4.74 Å². The molecular formula is C24H33IN6O. The highest BCUT2D eigenvalue weighted by Gasteiger charge is 2.18. The molecule has 2 N–H and O–H groups in total.